The van der Waals surface area contributed by atoms with Crippen LogP contribution in [0.5, 0.6) is 11.5 Å². The number of hydrogen-bond donors (Lipinski definition) is 1. The highest BCUT2D eigenvalue weighted by molar-refractivity contribution is 7.89. The molecule has 11 nitrogen and oxygen atoms in total. The molecule has 14 heteroatoms. The van der Waals surface area contributed by atoms with E-state index in [0.29, 0.717) is 30.3 Å². The van der Waals surface area contributed by atoms with Crippen LogP contribution in [0.2, 0.25) is 5.02 Å². The zero-order chi connectivity index (χ0) is 27.2. The lowest BCUT2D eigenvalue weighted by molar-refractivity contribution is -0.139. The number of hydrogen-bond acceptors (Lipinski definition) is 7. The third kappa shape index (κ3) is 4.54. The summed E-state index contributed by atoms with van der Waals surface area (Å²) in [7, 11) is -3.95. The molecule has 3 heterocycles. The van der Waals surface area contributed by atoms with Crippen LogP contribution in [0.3, 0.4) is 0 Å². The van der Waals surface area contributed by atoms with E-state index in [1.54, 1.807) is 25.1 Å². The Morgan fingerprint density at radius 2 is 1.74 bits per heavy atom. The average molecular weight is 567 g/mol. The predicted molar refractivity (Wildman–Crippen MR) is 132 cm³/mol. The summed E-state index contributed by atoms with van der Waals surface area (Å²) in [6.45, 7) is 1.90. The highest BCUT2D eigenvalue weighted by Crippen LogP contribution is 2.37. The molecule has 0 unspecified atom stereocenters. The van der Waals surface area contributed by atoms with Gasteiger partial charge in [0.2, 0.25) is 15.9 Å². The maximum Gasteiger partial charge on any atom is 0.325 e. The Balaban J connectivity index is 1.23. The van der Waals surface area contributed by atoms with Gasteiger partial charge in [-0.25, -0.2) is 17.6 Å². The zero-order valence-corrected chi connectivity index (χ0v) is 21.8. The van der Waals surface area contributed by atoms with Crippen LogP contribution in [0, 0.1) is 5.82 Å². The number of piperazine rings is 1. The number of fused-ring (bicyclic) bond motifs is 1. The summed E-state index contributed by atoms with van der Waals surface area (Å²) < 4.78 is 51.5. The van der Waals surface area contributed by atoms with Gasteiger partial charge >= 0.3 is 6.03 Å². The number of benzene rings is 2. The molecule has 0 saturated carbocycles. The van der Waals surface area contributed by atoms with Gasteiger partial charge in [0, 0.05) is 26.2 Å². The lowest BCUT2D eigenvalue weighted by atomic mass is 9.91. The first-order valence-electron chi connectivity index (χ1n) is 11.8. The van der Waals surface area contributed by atoms with Gasteiger partial charge in [0.05, 0.1) is 9.92 Å². The monoisotopic (exact) mass is 566 g/mol. The number of carbonyl (C=O) groups excluding carboxylic acids is 3. The van der Waals surface area contributed by atoms with E-state index in [4.69, 9.17) is 21.1 Å². The Hall–Kier alpha value is -3.42. The number of amides is 4. The van der Waals surface area contributed by atoms with E-state index in [-0.39, 0.29) is 36.1 Å². The second-order valence-corrected chi connectivity index (χ2v) is 11.5. The average Bonchev–Trinajstić information content (AvgIpc) is 3.13. The Kier molecular flexibility index (Phi) is 6.70. The van der Waals surface area contributed by atoms with Gasteiger partial charge in [0.15, 0.2) is 11.5 Å². The van der Waals surface area contributed by atoms with Crippen molar-refractivity contribution in [3.05, 3.63) is 52.8 Å². The van der Waals surface area contributed by atoms with Gasteiger partial charge in [-0.2, -0.15) is 4.31 Å². The SMILES string of the molecule is C[C@]1(c2ccc3c(c2)OCCO3)NC(=O)N(CC(=O)N2CCN(S(=O)(=O)c3ccc(F)c(Cl)c3)CC2)C1=O. The number of rotatable bonds is 5. The van der Waals surface area contributed by atoms with Crippen molar-refractivity contribution in [3.8, 4) is 11.5 Å². The molecule has 3 aliphatic heterocycles. The minimum Gasteiger partial charge on any atom is -0.486 e. The summed E-state index contributed by atoms with van der Waals surface area (Å²) in [5.41, 5.74) is -0.925. The standard InChI is InChI=1S/C24H24ClFN4O7S/c1-24(15-2-5-19-20(12-15)37-11-10-36-19)22(32)30(23(33)27-24)14-21(31)28-6-8-29(9-7-28)38(34,35)16-3-4-18(26)17(25)13-16/h2-5,12-13H,6-11,14H2,1H3,(H,27,33)/t24-/m1/s1. The quantitative estimate of drug-likeness (QED) is 0.544. The van der Waals surface area contributed by atoms with E-state index in [1.807, 2.05) is 0 Å². The molecule has 2 fully saturated rings. The fourth-order valence-corrected chi connectivity index (χ4v) is 6.28. The molecule has 0 aromatic heterocycles. The van der Waals surface area contributed by atoms with E-state index in [0.717, 1.165) is 23.1 Å². The number of urea groups is 1. The van der Waals surface area contributed by atoms with Crippen molar-refractivity contribution in [1.82, 2.24) is 19.4 Å². The number of ether oxygens (including phenoxy) is 2. The molecular formula is C24H24ClFN4O7S. The summed E-state index contributed by atoms with van der Waals surface area (Å²) in [5, 5.41) is 2.35. The number of sulfonamides is 1. The summed E-state index contributed by atoms with van der Waals surface area (Å²) >= 11 is 5.73. The lowest BCUT2D eigenvalue weighted by Gasteiger charge is -2.34. The van der Waals surface area contributed by atoms with Gasteiger partial charge in [-0.3, -0.25) is 14.5 Å². The van der Waals surface area contributed by atoms with E-state index < -0.39 is 45.8 Å². The molecule has 0 spiro atoms. The molecular weight excluding hydrogens is 543 g/mol. The van der Waals surface area contributed by atoms with Crippen molar-refractivity contribution in [2.24, 2.45) is 0 Å². The molecule has 0 radical (unpaired) electrons. The van der Waals surface area contributed by atoms with Crippen molar-refractivity contribution in [3.63, 3.8) is 0 Å². The first-order chi connectivity index (χ1) is 18.0. The smallest absolute Gasteiger partial charge is 0.325 e. The van der Waals surface area contributed by atoms with Crippen molar-refractivity contribution in [2.75, 3.05) is 45.9 Å². The summed E-state index contributed by atoms with van der Waals surface area (Å²) in [5.74, 6) is -0.825. The Bertz CT molecular complexity index is 1430. The van der Waals surface area contributed by atoms with Crippen molar-refractivity contribution < 1.29 is 36.7 Å². The largest absolute Gasteiger partial charge is 0.486 e. The number of nitrogens with zero attached hydrogens (tertiary/aromatic N) is 3. The van der Waals surface area contributed by atoms with Crippen LogP contribution in [0.15, 0.2) is 41.3 Å². The van der Waals surface area contributed by atoms with Crippen LogP contribution in [0.25, 0.3) is 0 Å². The van der Waals surface area contributed by atoms with Crippen LogP contribution in [-0.4, -0.2) is 86.3 Å². The molecule has 4 amide bonds. The van der Waals surface area contributed by atoms with Gasteiger partial charge < -0.3 is 19.7 Å². The maximum atomic E-state index is 13.5. The number of carbonyl (C=O) groups is 3. The van der Waals surface area contributed by atoms with Gasteiger partial charge in [0.1, 0.15) is 31.1 Å². The molecule has 2 aromatic rings. The highest BCUT2D eigenvalue weighted by atomic mass is 35.5. The molecule has 0 aliphatic carbocycles. The van der Waals surface area contributed by atoms with E-state index in [1.165, 1.54) is 9.21 Å². The first-order valence-corrected chi connectivity index (χ1v) is 13.6. The number of halogens is 2. The fourth-order valence-electron chi connectivity index (χ4n) is 4.59. The molecule has 202 valence electrons. The van der Waals surface area contributed by atoms with Gasteiger partial charge in [0.25, 0.3) is 5.91 Å². The van der Waals surface area contributed by atoms with Crippen LogP contribution < -0.4 is 14.8 Å². The van der Waals surface area contributed by atoms with Crippen molar-refractivity contribution in [2.45, 2.75) is 17.4 Å². The molecule has 38 heavy (non-hydrogen) atoms. The number of nitrogens with one attached hydrogen (secondary N) is 1. The third-order valence-corrected chi connectivity index (χ3v) is 8.99. The van der Waals surface area contributed by atoms with Gasteiger partial charge in [-0.1, -0.05) is 17.7 Å². The van der Waals surface area contributed by atoms with E-state index in [2.05, 4.69) is 5.32 Å². The Morgan fingerprint density at radius 1 is 1.05 bits per heavy atom. The zero-order valence-electron chi connectivity index (χ0n) is 20.3. The van der Waals surface area contributed by atoms with Crippen LogP contribution in [0.4, 0.5) is 9.18 Å². The van der Waals surface area contributed by atoms with Gasteiger partial charge in [-0.15, -0.1) is 0 Å². The molecule has 0 bridgehead atoms. The van der Waals surface area contributed by atoms with Gasteiger partial charge in [-0.05, 0) is 42.8 Å². The van der Waals surface area contributed by atoms with Crippen LogP contribution in [0.1, 0.15) is 12.5 Å². The van der Waals surface area contributed by atoms with E-state index in [9.17, 15) is 27.2 Å². The second kappa shape index (κ2) is 9.71. The molecule has 5 rings (SSSR count). The van der Waals surface area contributed by atoms with Crippen LogP contribution >= 0.6 is 11.6 Å². The van der Waals surface area contributed by atoms with Crippen LogP contribution in [-0.2, 0) is 25.2 Å². The highest BCUT2D eigenvalue weighted by Gasteiger charge is 2.50. The van der Waals surface area contributed by atoms with E-state index >= 15 is 0 Å². The summed E-state index contributed by atoms with van der Waals surface area (Å²) in [6, 6.07) is 7.39. The Morgan fingerprint density at radius 3 is 2.42 bits per heavy atom. The fraction of sp³-hybridized carbons (Fsp3) is 0.375. The lowest BCUT2D eigenvalue weighted by Crippen LogP contribution is -2.53. The molecule has 2 aromatic carbocycles. The molecule has 3 aliphatic rings. The normalized spacial score (nSPS) is 22.0. The minimum atomic E-state index is -3.95. The predicted octanol–water partition coefficient (Wildman–Crippen LogP) is 1.55. The molecule has 1 N–H and O–H groups in total. The maximum absolute atomic E-state index is 13.5. The number of imide groups is 1. The summed E-state index contributed by atoms with van der Waals surface area (Å²) in [4.78, 5) is 41.1. The third-order valence-electron chi connectivity index (χ3n) is 6.81. The van der Waals surface area contributed by atoms with Crippen molar-refractivity contribution in [1.29, 1.82) is 0 Å². The minimum absolute atomic E-state index is 0.0158. The molecule has 1 atom stereocenters. The summed E-state index contributed by atoms with van der Waals surface area (Å²) in [6.07, 6.45) is 0. The molecule has 2 saturated heterocycles. The first kappa shape index (κ1) is 26.2. The second-order valence-electron chi connectivity index (χ2n) is 9.17. The topological polar surface area (TPSA) is 126 Å². The Labute approximate surface area is 223 Å². The van der Waals surface area contributed by atoms with Crippen molar-refractivity contribution >= 4 is 39.5 Å².